The van der Waals surface area contributed by atoms with Gasteiger partial charge in [0.2, 0.25) is 0 Å². The van der Waals surface area contributed by atoms with Gasteiger partial charge >= 0.3 is 0 Å². The van der Waals surface area contributed by atoms with Gasteiger partial charge in [0.05, 0.1) is 10.5 Å². The number of hydrogen-bond acceptors (Lipinski definition) is 6. The molecular weight excluding hydrogens is 410 g/mol. The Balaban J connectivity index is 2.04. The highest BCUT2D eigenvalue weighted by Gasteiger charge is 2.39. The van der Waals surface area contributed by atoms with Crippen LogP contribution in [0.2, 0.25) is 5.02 Å². The highest BCUT2D eigenvalue weighted by Crippen LogP contribution is 2.32. The van der Waals surface area contributed by atoms with Gasteiger partial charge in [-0.15, -0.1) is 0 Å². The standard InChI is InChI=1S/C21H20ClN3O5/c1-13-4-7-15(22)12-17(13)23-19-18(14-5-8-16(9-6-14)25(28)29)20(26)24(21(19)27)10-3-11-30-2/h4-9,12,23H,3,10-11H2,1-2H3. The predicted octanol–water partition coefficient (Wildman–Crippen LogP) is 3.79. The maximum atomic E-state index is 13.1. The number of aryl methyl sites for hydroxylation is 1. The van der Waals surface area contributed by atoms with E-state index in [0.29, 0.717) is 29.3 Å². The lowest BCUT2D eigenvalue weighted by Gasteiger charge is -2.15. The number of ether oxygens (including phenoxy) is 1. The zero-order chi connectivity index (χ0) is 21.8. The Bertz CT molecular complexity index is 1030. The van der Waals surface area contributed by atoms with Crippen LogP contribution in [-0.2, 0) is 14.3 Å². The van der Waals surface area contributed by atoms with Gasteiger partial charge in [0, 0.05) is 43.1 Å². The average Bonchev–Trinajstić information content (AvgIpc) is 2.95. The van der Waals surface area contributed by atoms with E-state index in [-0.39, 0.29) is 23.5 Å². The number of hydrogen-bond donors (Lipinski definition) is 1. The molecule has 1 aliphatic rings. The maximum absolute atomic E-state index is 13.1. The molecule has 0 aromatic heterocycles. The molecule has 0 bridgehead atoms. The molecule has 2 aromatic rings. The van der Waals surface area contributed by atoms with Crippen molar-refractivity contribution in [2.24, 2.45) is 0 Å². The highest BCUT2D eigenvalue weighted by molar-refractivity contribution is 6.36. The van der Waals surface area contributed by atoms with Crippen molar-refractivity contribution in [3.05, 3.63) is 74.4 Å². The molecule has 0 radical (unpaired) electrons. The summed E-state index contributed by atoms with van der Waals surface area (Å²) < 4.78 is 5.01. The largest absolute Gasteiger partial charge is 0.385 e. The Labute approximate surface area is 178 Å². The number of rotatable bonds is 8. The third-order valence-corrected chi connectivity index (χ3v) is 4.96. The van der Waals surface area contributed by atoms with Crippen LogP contribution >= 0.6 is 11.6 Å². The van der Waals surface area contributed by atoms with E-state index in [0.717, 1.165) is 10.5 Å². The van der Waals surface area contributed by atoms with Crippen molar-refractivity contribution in [3.63, 3.8) is 0 Å². The molecule has 156 valence electrons. The third kappa shape index (κ3) is 4.34. The maximum Gasteiger partial charge on any atom is 0.278 e. The number of benzene rings is 2. The number of nitrogens with zero attached hydrogens (tertiary/aromatic N) is 2. The van der Waals surface area contributed by atoms with E-state index in [2.05, 4.69) is 5.32 Å². The minimum Gasteiger partial charge on any atom is -0.385 e. The molecule has 2 aromatic carbocycles. The van der Waals surface area contributed by atoms with E-state index in [1.54, 1.807) is 25.3 Å². The summed E-state index contributed by atoms with van der Waals surface area (Å²) in [6.07, 6.45) is 0.491. The normalized spacial score (nSPS) is 13.9. The van der Waals surface area contributed by atoms with Crippen LogP contribution in [0.25, 0.3) is 5.57 Å². The predicted molar refractivity (Wildman–Crippen MR) is 113 cm³/mol. The first kappa shape index (κ1) is 21.5. The van der Waals surface area contributed by atoms with Gasteiger partial charge < -0.3 is 10.1 Å². The summed E-state index contributed by atoms with van der Waals surface area (Å²) in [6.45, 7) is 2.45. The molecule has 1 N–H and O–H groups in total. The molecule has 0 unspecified atom stereocenters. The summed E-state index contributed by atoms with van der Waals surface area (Å²) in [6, 6.07) is 10.7. The summed E-state index contributed by atoms with van der Waals surface area (Å²) >= 11 is 6.08. The van der Waals surface area contributed by atoms with Crippen LogP contribution in [0.15, 0.2) is 48.2 Å². The van der Waals surface area contributed by atoms with Crippen molar-refractivity contribution < 1.29 is 19.2 Å². The van der Waals surface area contributed by atoms with Gasteiger partial charge in [-0.2, -0.15) is 0 Å². The molecule has 1 heterocycles. The Hall–Kier alpha value is -3.23. The number of anilines is 1. The van der Waals surface area contributed by atoms with Crippen LogP contribution in [0.1, 0.15) is 17.5 Å². The number of nitrogens with one attached hydrogen (secondary N) is 1. The topological polar surface area (TPSA) is 102 Å². The van der Waals surface area contributed by atoms with E-state index >= 15 is 0 Å². The van der Waals surface area contributed by atoms with E-state index in [9.17, 15) is 19.7 Å². The molecule has 0 atom stereocenters. The van der Waals surface area contributed by atoms with Crippen LogP contribution in [0, 0.1) is 17.0 Å². The summed E-state index contributed by atoms with van der Waals surface area (Å²) in [5.74, 6) is -0.934. The second kappa shape index (κ2) is 9.06. The first-order valence-electron chi connectivity index (χ1n) is 9.21. The fourth-order valence-corrected chi connectivity index (χ4v) is 3.32. The molecule has 2 amide bonds. The van der Waals surface area contributed by atoms with E-state index < -0.39 is 16.7 Å². The van der Waals surface area contributed by atoms with E-state index in [1.165, 1.54) is 24.3 Å². The fourth-order valence-electron chi connectivity index (χ4n) is 3.14. The van der Waals surface area contributed by atoms with Crippen LogP contribution in [0.5, 0.6) is 0 Å². The van der Waals surface area contributed by atoms with E-state index in [4.69, 9.17) is 16.3 Å². The number of imide groups is 1. The Morgan fingerprint density at radius 1 is 1.13 bits per heavy atom. The lowest BCUT2D eigenvalue weighted by molar-refractivity contribution is -0.384. The second-order valence-corrected chi connectivity index (χ2v) is 7.18. The van der Waals surface area contributed by atoms with Crippen molar-refractivity contribution in [3.8, 4) is 0 Å². The molecule has 1 aliphatic heterocycles. The second-order valence-electron chi connectivity index (χ2n) is 6.75. The lowest BCUT2D eigenvalue weighted by Crippen LogP contribution is -2.34. The van der Waals surface area contributed by atoms with E-state index in [1.807, 2.05) is 6.92 Å². The van der Waals surface area contributed by atoms with Crippen LogP contribution in [0.4, 0.5) is 11.4 Å². The zero-order valence-electron chi connectivity index (χ0n) is 16.5. The Morgan fingerprint density at radius 3 is 2.47 bits per heavy atom. The minimum absolute atomic E-state index is 0.103. The molecule has 0 aliphatic carbocycles. The lowest BCUT2D eigenvalue weighted by atomic mass is 10.0. The van der Waals surface area contributed by atoms with Crippen molar-refractivity contribution in [2.75, 3.05) is 25.6 Å². The smallest absolute Gasteiger partial charge is 0.278 e. The summed E-state index contributed by atoms with van der Waals surface area (Å²) in [5, 5.41) is 14.5. The average molecular weight is 430 g/mol. The molecule has 9 heteroatoms. The van der Waals surface area contributed by atoms with Gasteiger partial charge in [0.15, 0.2) is 0 Å². The molecule has 0 saturated carbocycles. The zero-order valence-corrected chi connectivity index (χ0v) is 17.2. The van der Waals surface area contributed by atoms with Gasteiger partial charge in [-0.1, -0.05) is 17.7 Å². The van der Waals surface area contributed by atoms with Crippen molar-refractivity contribution in [1.82, 2.24) is 4.90 Å². The summed E-state index contributed by atoms with van der Waals surface area (Å²) in [7, 11) is 1.54. The fraction of sp³-hybridized carbons (Fsp3) is 0.238. The molecule has 0 saturated heterocycles. The molecular formula is C21H20ClN3O5. The van der Waals surface area contributed by atoms with Crippen molar-refractivity contribution >= 4 is 40.4 Å². The number of nitro groups is 1. The van der Waals surface area contributed by atoms with Gasteiger partial charge in [0.25, 0.3) is 17.5 Å². The molecule has 3 rings (SSSR count). The highest BCUT2D eigenvalue weighted by atomic mass is 35.5. The summed E-state index contributed by atoms with van der Waals surface area (Å²) in [5.41, 5.74) is 2.01. The number of halogens is 1. The van der Waals surface area contributed by atoms with Crippen LogP contribution < -0.4 is 5.32 Å². The number of non-ortho nitro benzene ring substituents is 1. The Morgan fingerprint density at radius 2 is 1.83 bits per heavy atom. The first-order chi connectivity index (χ1) is 14.3. The molecule has 8 nitrogen and oxygen atoms in total. The molecule has 0 fully saturated rings. The number of methoxy groups -OCH3 is 1. The van der Waals surface area contributed by atoms with Crippen LogP contribution in [-0.4, -0.2) is 41.9 Å². The van der Waals surface area contributed by atoms with Gasteiger partial charge in [-0.25, -0.2) is 0 Å². The monoisotopic (exact) mass is 429 g/mol. The SMILES string of the molecule is COCCCN1C(=O)C(Nc2cc(Cl)ccc2C)=C(c2ccc([N+](=O)[O-])cc2)C1=O. The van der Waals surface area contributed by atoms with Gasteiger partial charge in [0.1, 0.15) is 5.70 Å². The Kier molecular flexibility index (Phi) is 6.49. The quantitative estimate of drug-likeness (QED) is 0.296. The number of amides is 2. The van der Waals surface area contributed by atoms with Gasteiger partial charge in [-0.05, 0) is 48.7 Å². The molecule has 30 heavy (non-hydrogen) atoms. The number of carbonyl (C=O) groups is 2. The first-order valence-corrected chi connectivity index (χ1v) is 9.58. The number of nitro benzene ring substituents is 1. The third-order valence-electron chi connectivity index (χ3n) is 4.72. The van der Waals surface area contributed by atoms with Gasteiger partial charge in [-0.3, -0.25) is 24.6 Å². The van der Waals surface area contributed by atoms with Crippen LogP contribution in [0.3, 0.4) is 0 Å². The number of carbonyl (C=O) groups excluding carboxylic acids is 2. The summed E-state index contributed by atoms with van der Waals surface area (Å²) in [4.78, 5) is 37.7. The molecule has 0 spiro atoms. The minimum atomic E-state index is -0.522. The van der Waals surface area contributed by atoms with Crippen molar-refractivity contribution in [2.45, 2.75) is 13.3 Å². The van der Waals surface area contributed by atoms with Crippen molar-refractivity contribution in [1.29, 1.82) is 0 Å².